The summed E-state index contributed by atoms with van der Waals surface area (Å²) in [6.45, 7) is 0.477. The molecule has 0 aliphatic heterocycles. The van der Waals surface area contributed by atoms with E-state index in [0.717, 1.165) is 36.8 Å². The molecule has 0 heterocycles. The van der Waals surface area contributed by atoms with E-state index in [4.69, 9.17) is 16.3 Å². The monoisotopic (exact) mass is 505 g/mol. The van der Waals surface area contributed by atoms with Crippen molar-refractivity contribution in [2.45, 2.75) is 49.5 Å². The highest BCUT2D eigenvalue weighted by atomic mass is 35.5. The van der Waals surface area contributed by atoms with Crippen LogP contribution in [0.1, 0.15) is 47.2 Å². The van der Waals surface area contributed by atoms with Gasteiger partial charge < -0.3 is 15.4 Å². The summed E-state index contributed by atoms with van der Waals surface area (Å²) >= 11 is 6.03. The van der Waals surface area contributed by atoms with Crippen LogP contribution in [0, 0.1) is 5.92 Å². The first-order valence-corrected chi connectivity index (χ1v) is 13.2. The number of hydrogen-bond acceptors (Lipinski definition) is 5. The van der Waals surface area contributed by atoms with Crippen molar-refractivity contribution in [2.24, 2.45) is 5.92 Å². The molecule has 10 heteroatoms. The van der Waals surface area contributed by atoms with Crippen molar-refractivity contribution in [3.05, 3.63) is 58.1 Å². The summed E-state index contributed by atoms with van der Waals surface area (Å²) in [6.07, 6.45) is 5.45. The number of sulfonamides is 1. The van der Waals surface area contributed by atoms with Crippen LogP contribution in [0.15, 0.2) is 41.3 Å². The molecule has 1 fully saturated rings. The zero-order chi connectivity index (χ0) is 24.3. The molecule has 0 bridgehead atoms. The van der Waals surface area contributed by atoms with E-state index in [-0.39, 0.29) is 16.8 Å². The van der Waals surface area contributed by atoms with Crippen molar-refractivity contribution in [1.82, 2.24) is 15.4 Å². The van der Waals surface area contributed by atoms with E-state index in [1.807, 2.05) is 0 Å². The number of methoxy groups -OCH3 is 1. The number of carbonyl (C=O) groups is 2. The fourth-order valence-electron chi connectivity index (χ4n) is 4.65. The Kier molecular flexibility index (Phi) is 7.33. The molecule has 0 spiro atoms. The smallest absolute Gasteiger partial charge is 0.328 e. The molecule has 1 atom stereocenters. The fourth-order valence-corrected chi connectivity index (χ4v) is 5.80. The highest BCUT2D eigenvalue weighted by molar-refractivity contribution is 7.90. The van der Waals surface area contributed by atoms with Crippen molar-refractivity contribution in [1.29, 1.82) is 0 Å². The number of amides is 3. The maximum absolute atomic E-state index is 12.8. The van der Waals surface area contributed by atoms with Crippen molar-refractivity contribution >= 4 is 33.6 Å². The van der Waals surface area contributed by atoms with Crippen LogP contribution in [0.5, 0.6) is 5.75 Å². The minimum Gasteiger partial charge on any atom is -0.496 e. The molecule has 2 aromatic carbocycles. The summed E-state index contributed by atoms with van der Waals surface area (Å²) in [6, 6.07) is 8.68. The summed E-state index contributed by atoms with van der Waals surface area (Å²) in [5.74, 6) is 0.515. The number of benzene rings is 2. The van der Waals surface area contributed by atoms with Crippen LogP contribution >= 0.6 is 11.6 Å². The molecule has 1 saturated carbocycles. The van der Waals surface area contributed by atoms with E-state index in [1.165, 1.54) is 13.2 Å². The summed E-state index contributed by atoms with van der Waals surface area (Å²) < 4.78 is 32.8. The Morgan fingerprint density at radius 2 is 1.79 bits per heavy atom. The quantitative estimate of drug-likeness (QED) is 0.533. The van der Waals surface area contributed by atoms with Gasteiger partial charge in [-0.25, -0.2) is 17.9 Å². The second-order valence-electron chi connectivity index (χ2n) is 8.82. The van der Waals surface area contributed by atoms with Crippen LogP contribution in [-0.2, 0) is 22.9 Å². The van der Waals surface area contributed by atoms with Gasteiger partial charge in [-0.05, 0) is 73.1 Å². The van der Waals surface area contributed by atoms with Gasteiger partial charge in [0.15, 0.2) is 0 Å². The molecular weight excluding hydrogens is 478 g/mol. The van der Waals surface area contributed by atoms with Crippen molar-refractivity contribution in [2.75, 3.05) is 13.7 Å². The number of hydrogen-bond donors (Lipinski definition) is 3. The lowest BCUT2D eigenvalue weighted by atomic mass is 10.1. The third-order valence-corrected chi connectivity index (χ3v) is 7.98. The molecule has 2 aromatic rings. The molecule has 3 amide bonds. The van der Waals surface area contributed by atoms with Crippen LogP contribution in [0.4, 0.5) is 4.79 Å². The van der Waals surface area contributed by atoms with E-state index in [0.29, 0.717) is 41.6 Å². The number of carbonyl (C=O) groups excluding carboxylic acids is 2. The van der Waals surface area contributed by atoms with Gasteiger partial charge in [0.05, 0.1) is 17.6 Å². The second-order valence-corrected chi connectivity index (χ2v) is 10.9. The normalized spacial score (nSPS) is 17.8. The van der Waals surface area contributed by atoms with Crippen LogP contribution in [0.3, 0.4) is 0 Å². The Balaban J connectivity index is 1.38. The van der Waals surface area contributed by atoms with Gasteiger partial charge in [0, 0.05) is 17.6 Å². The van der Waals surface area contributed by atoms with Gasteiger partial charge in [-0.1, -0.05) is 30.5 Å². The molecule has 0 radical (unpaired) electrons. The first-order valence-electron chi connectivity index (χ1n) is 11.3. The Hall–Kier alpha value is -2.78. The second kappa shape index (κ2) is 10.2. The van der Waals surface area contributed by atoms with Crippen LogP contribution in [-0.4, -0.2) is 40.1 Å². The average Bonchev–Trinajstić information content (AvgIpc) is 3.46. The van der Waals surface area contributed by atoms with Crippen molar-refractivity contribution < 1.29 is 22.7 Å². The van der Waals surface area contributed by atoms with Gasteiger partial charge in [0.2, 0.25) is 0 Å². The van der Waals surface area contributed by atoms with Crippen LogP contribution in [0.2, 0.25) is 5.02 Å². The highest BCUT2D eigenvalue weighted by Crippen LogP contribution is 2.27. The molecule has 0 aromatic heterocycles. The molecule has 2 aliphatic carbocycles. The number of nitrogens with one attached hydrogen (secondary N) is 3. The summed E-state index contributed by atoms with van der Waals surface area (Å²) in [5, 5.41) is 6.06. The summed E-state index contributed by atoms with van der Waals surface area (Å²) in [5.41, 5.74) is 2.10. The third-order valence-electron chi connectivity index (χ3n) is 6.42. The number of rotatable bonds is 7. The molecular formula is C24H28ClN3O5S. The fraction of sp³-hybridized carbons (Fsp3) is 0.417. The van der Waals surface area contributed by atoms with Gasteiger partial charge in [-0.3, -0.25) is 4.79 Å². The van der Waals surface area contributed by atoms with Crippen molar-refractivity contribution in [3.63, 3.8) is 0 Å². The Bertz CT molecular complexity index is 1200. The zero-order valence-corrected chi connectivity index (χ0v) is 20.5. The molecule has 4 rings (SSSR count). The average molecular weight is 506 g/mol. The lowest BCUT2D eigenvalue weighted by Crippen LogP contribution is -2.41. The largest absolute Gasteiger partial charge is 0.496 e. The zero-order valence-electron chi connectivity index (χ0n) is 18.9. The van der Waals surface area contributed by atoms with Gasteiger partial charge in [-0.2, -0.15) is 0 Å². The van der Waals surface area contributed by atoms with E-state index in [2.05, 4.69) is 15.4 Å². The summed E-state index contributed by atoms with van der Waals surface area (Å²) in [4.78, 5) is 24.9. The highest BCUT2D eigenvalue weighted by Gasteiger charge is 2.27. The molecule has 182 valence electrons. The number of fused-ring (bicyclic) bond motifs is 1. The lowest BCUT2D eigenvalue weighted by Gasteiger charge is -2.14. The van der Waals surface area contributed by atoms with E-state index < -0.39 is 16.1 Å². The minimum absolute atomic E-state index is 0.0192. The number of halogens is 1. The molecule has 3 N–H and O–H groups in total. The number of urea groups is 1. The Labute approximate surface area is 204 Å². The van der Waals surface area contributed by atoms with Crippen LogP contribution in [0.25, 0.3) is 0 Å². The maximum Gasteiger partial charge on any atom is 0.328 e. The molecule has 1 unspecified atom stereocenters. The predicted molar refractivity (Wildman–Crippen MR) is 129 cm³/mol. The number of ether oxygens (including phenoxy) is 1. The van der Waals surface area contributed by atoms with Gasteiger partial charge in [0.1, 0.15) is 5.75 Å². The lowest BCUT2D eigenvalue weighted by molar-refractivity contribution is 0.0935. The van der Waals surface area contributed by atoms with E-state index in [9.17, 15) is 18.0 Å². The first-order chi connectivity index (χ1) is 16.2. The van der Waals surface area contributed by atoms with Crippen molar-refractivity contribution in [3.8, 4) is 5.75 Å². The standard InChI is InChI=1S/C24H28ClN3O5S/c1-33-22-9-7-18(25)13-21(22)23(29)27-19-10-16-6-8-20(12-17(16)11-19)34(31,32)28-24(30)26-14-15-4-2-3-5-15/h6-9,12-13,15,19H,2-5,10-11,14H2,1H3,(H,27,29)(H2,26,28,30). The topological polar surface area (TPSA) is 114 Å². The molecule has 2 aliphatic rings. The maximum atomic E-state index is 12.8. The SMILES string of the molecule is COc1ccc(Cl)cc1C(=O)NC1Cc2ccc(S(=O)(=O)NC(=O)NCC3CCCC3)cc2C1. The summed E-state index contributed by atoms with van der Waals surface area (Å²) in [7, 11) is -2.52. The Morgan fingerprint density at radius 1 is 1.06 bits per heavy atom. The Morgan fingerprint density at radius 3 is 2.53 bits per heavy atom. The molecule has 34 heavy (non-hydrogen) atoms. The minimum atomic E-state index is -4.00. The van der Waals surface area contributed by atoms with Gasteiger partial charge in [-0.15, -0.1) is 0 Å². The van der Waals surface area contributed by atoms with E-state index >= 15 is 0 Å². The molecule has 0 saturated heterocycles. The van der Waals surface area contributed by atoms with Crippen LogP contribution < -0.4 is 20.1 Å². The third kappa shape index (κ3) is 5.64. The van der Waals surface area contributed by atoms with Gasteiger partial charge in [0.25, 0.3) is 15.9 Å². The molecule has 8 nitrogen and oxygen atoms in total. The first kappa shape index (κ1) is 24.3. The van der Waals surface area contributed by atoms with Gasteiger partial charge >= 0.3 is 6.03 Å². The van der Waals surface area contributed by atoms with E-state index in [1.54, 1.807) is 30.3 Å². The predicted octanol–water partition coefficient (Wildman–Crippen LogP) is 3.42.